The number of fused-ring (bicyclic) bond motifs is 1. The molecule has 0 aliphatic carbocycles. The molecule has 0 spiro atoms. The maximum atomic E-state index is 11.9. The van der Waals surface area contributed by atoms with Gasteiger partial charge in [-0.3, -0.25) is 4.79 Å². The molecule has 0 saturated heterocycles. The molecule has 7 heteroatoms. The summed E-state index contributed by atoms with van der Waals surface area (Å²) in [6.07, 6.45) is 3.29. The van der Waals surface area contributed by atoms with Gasteiger partial charge in [0.05, 0.1) is 11.7 Å². The molecule has 1 aromatic heterocycles. The van der Waals surface area contributed by atoms with Crippen molar-refractivity contribution in [3.05, 3.63) is 53.7 Å². The minimum Gasteiger partial charge on any atom is -0.504 e. The molecule has 0 fully saturated rings. The van der Waals surface area contributed by atoms with Crippen molar-refractivity contribution in [1.29, 1.82) is 0 Å². The fourth-order valence-corrected chi connectivity index (χ4v) is 2.18. The number of aromatic hydroxyl groups is 3. The highest BCUT2D eigenvalue weighted by molar-refractivity contribution is 5.99. The number of phenolic OH excluding ortho intramolecular Hbond substituents is 3. The zero-order valence-corrected chi connectivity index (χ0v) is 11.8. The number of H-pyrrole nitrogens is 1. The van der Waals surface area contributed by atoms with E-state index >= 15 is 0 Å². The largest absolute Gasteiger partial charge is 0.504 e. The lowest BCUT2D eigenvalue weighted by Gasteiger charge is -2.04. The van der Waals surface area contributed by atoms with Gasteiger partial charge in [0.15, 0.2) is 17.2 Å². The first kappa shape index (κ1) is 14.5. The summed E-state index contributed by atoms with van der Waals surface area (Å²) in [6.45, 7) is 0. The van der Waals surface area contributed by atoms with Crippen LogP contribution >= 0.6 is 0 Å². The number of nitrogens with one attached hydrogen (secondary N) is 2. The second-order valence-corrected chi connectivity index (χ2v) is 4.85. The maximum Gasteiger partial charge on any atom is 0.271 e. The Bertz CT molecular complexity index is 892. The second kappa shape index (κ2) is 5.72. The number of hydrazone groups is 1. The smallest absolute Gasteiger partial charge is 0.271 e. The van der Waals surface area contributed by atoms with Gasteiger partial charge in [-0.1, -0.05) is 18.2 Å². The minimum absolute atomic E-state index is 0.0342. The van der Waals surface area contributed by atoms with E-state index < -0.39 is 23.2 Å². The van der Waals surface area contributed by atoms with Crippen molar-refractivity contribution in [3.8, 4) is 17.2 Å². The molecule has 7 nitrogen and oxygen atoms in total. The summed E-state index contributed by atoms with van der Waals surface area (Å²) < 4.78 is 0. The number of aromatic nitrogens is 1. The fraction of sp³-hybridized carbons (Fsp3) is 0. The molecule has 116 valence electrons. The first-order chi connectivity index (χ1) is 11.1. The van der Waals surface area contributed by atoms with Crippen LogP contribution in [0.1, 0.15) is 15.9 Å². The van der Waals surface area contributed by atoms with Gasteiger partial charge in [0.25, 0.3) is 5.91 Å². The molecular weight excluding hydrogens is 298 g/mol. The van der Waals surface area contributed by atoms with Crippen LogP contribution in [-0.4, -0.2) is 32.4 Å². The lowest BCUT2D eigenvalue weighted by atomic mass is 10.1. The van der Waals surface area contributed by atoms with Crippen molar-refractivity contribution >= 4 is 23.0 Å². The summed E-state index contributed by atoms with van der Waals surface area (Å²) in [5.41, 5.74) is 3.95. The van der Waals surface area contributed by atoms with Gasteiger partial charge in [0.1, 0.15) is 0 Å². The highest BCUT2D eigenvalue weighted by Gasteiger charge is 2.12. The summed E-state index contributed by atoms with van der Waals surface area (Å²) in [6, 6.07) is 9.65. The number of carbonyl (C=O) groups is 1. The fourth-order valence-electron chi connectivity index (χ4n) is 2.18. The van der Waals surface area contributed by atoms with Gasteiger partial charge in [0.2, 0.25) is 0 Å². The molecule has 0 bridgehead atoms. The maximum absolute atomic E-state index is 11.9. The Morgan fingerprint density at radius 3 is 2.61 bits per heavy atom. The van der Waals surface area contributed by atoms with E-state index in [9.17, 15) is 20.1 Å². The number of phenols is 3. The van der Waals surface area contributed by atoms with E-state index in [4.69, 9.17) is 0 Å². The predicted molar refractivity (Wildman–Crippen MR) is 84.8 cm³/mol. The van der Waals surface area contributed by atoms with Gasteiger partial charge in [-0.05, 0) is 18.2 Å². The molecule has 0 atom stereocenters. The summed E-state index contributed by atoms with van der Waals surface area (Å²) in [4.78, 5) is 15.0. The van der Waals surface area contributed by atoms with Gasteiger partial charge in [-0.25, -0.2) is 5.43 Å². The average molecular weight is 311 g/mol. The Balaban J connectivity index is 1.78. The van der Waals surface area contributed by atoms with Crippen molar-refractivity contribution in [1.82, 2.24) is 10.4 Å². The zero-order chi connectivity index (χ0) is 16.4. The zero-order valence-electron chi connectivity index (χ0n) is 11.8. The molecule has 0 radical (unpaired) electrons. The van der Waals surface area contributed by atoms with E-state index in [1.807, 2.05) is 30.5 Å². The number of benzene rings is 2. The molecule has 0 unspecified atom stereocenters. The summed E-state index contributed by atoms with van der Waals surface area (Å²) >= 11 is 0. The Labute approximate surface area is 130 Å². The van der Waals surface area contributed by atoms with Gasteiger partial charge >= 0.3 is 0 Å². The minimum atomic E-state index is -0.677. The number of hydrogen-bond donors (Lipinski definition) is 5. The molecule has 0 aliphatic rings. The van der Waals surface area contributed by atoms with Crippen LogP contribution in [0.25, 0.3) is 10.9 Å². The van der Waals surface area contributed by atoms with E-state index in [1.54, 1.807) is 0 Å². The highest BCUT2D eigenvalue weighted by Crippen LogP contribution is 2.35. The van der Waals surface area contributed by atoms with Crippen LogP contribution in [0.4, 0.5) is 0 Å². The molecule has 0 aliphatic heterocycles. The van der Waals surface area contributed by atoms with Gasteiger partial charge in [0, 0.05) is 22.7 Å². The molecule has 1 amide bonds. The number of rotatable bonds is 3. The number of carbonyl (C=O) groups excluding carboxylic acids is 1. The number of nitrogens with zero attached hydrogens (tertiary/aromatic N) is 1. The van der Waals surface area contributed by atoms with Crippen molar-refractivity contribution in [2.45, 2.75) is 0 Å². The lowest BCUT2D eigenvalue weighted by Crippen LogP contribution is -2.17. The third-order valence-electron chi connectivity index (χ3n) is 3.32. The Morgan fingerprint density at radius 1 is 1.13 bits per heavy atom. The summed E-state index contributed by atoms with van der Waals surface area (Å²) in [5.74, 6) is -2.49. The van der Waals surface area contributed by atoms with Crippen LogP contribution in [-0.2, 0) is 0 Å². The van der Waals surface area contributed by atoms with Gasteiger partial charge < -0.3 is 20.3 Å². The lowest BCUT2D eigenvalue weighted by molar-refractivity contribution is 0.0954. The van der Waals surface area contributed by atoms with Crippen molar-refractivity contribution < 1.29 is 20.1 Å². The van der Waals surface area contributed by atoms with E-state index in [-0.39, 0.29) is 5.56 Å². The third kappa shape index (κ3) is 2.80. The molecule has 3 rings (SSSR count). The van der Waals surface area contributed by atoms with Crippen LogP contribution in [0, 0.1) is 0 Å². The van der Waals surface area contributed by atoms with Crippen LogP contribution < -0.4 is 5.43 Å². The summed E-state index contributed by atoms with van der Waals surface area (Å²) in [5, 5.41) is 32.9. The number of amides is 1. The number of hydrogen-bond acceptors (Lipinski definition) is 5. The monoisotopic (exact) mass is 311 g/mol. The highest BCUT2D eigenvalue weighted by atomic mass is 16.3. The van der Waals surface area contributed by atoms with E-state index in [1.165, 1.54) is 6.21 Å². The Hall–Kier alpha value is -3.48. The Kier molecular flexibility index (Phi) is 3.60. The molecule has 3 aromatic rings. The first-order valence-corrected chi connectivity index (χ1v) is 6.70. The number of aromatic amines is 1. The van der Waals surface area contributed by atoms with Crippen molar-refractivity contribution in [2.75, 3.05) is 0 Å². The third-order valence-corrected chi connectivity index (χ3v) is 3.32. The summed E-state index contributed by atoms with van der Waals surface area (Å²) in [7, 11) is 0. The van der Waals surface area contributed by atoms with Gasteiger partial charge in [-0.15, -0.1) is 0 Å². The van der Waals surface area contributed by atoms with E-state index in [2.05, 4.69) is 15.5 Å². The van der Waals surface area contributed by atoms with E-state index in [0.29, 0.717) is 0 Å². The van der Waals surface area contributed by atoms with E-state index in [0.717, 1.165) is 28.6 Å². The van der Waals surface area contributed by atoms with Crippen LogP contribution in [0.3, 0.4) is 0 Å². The normalized spacial score (nSPS) is 11.1. The molecule has 2 aromatic carbocycles. The molecular formula is C16H13N3O4. The van der Waals surface area contributed by atoms with Crippen LogP contribution in [0.2, 0.25) is 0 Å². The van der Waals surface area contributed by atoms with Gasteiger partial charge in [-0.2, -0.15) is 5.10 Å². The van der Waals surface area contributed by atoms with Crippen molar-refractivity contribution in [2.24, 2.45) is 5.10 Å². The molecule has 1 heterocycles. The quantitative estimate of drug-likeness (QED) is 0.289. The standard InChI is InChI=1S/C16H13N3O4/c20-12-6-11(7-13(21)15(12)22)16(23)19-18-8-10-3-1-2-9-4-5-17-14(9)10/h1-8,17,20-22H,(H,19,23)/b18-8+. The SMILES string of the molecule is O=C(N/N=C/c1cccc2cc[nH]c12)c1cc(O)c(O)c(O)c1. The number of para-hydroxylation sites is 1. The van der Waals surface area contributed by atoms with Crippen LogP contribution in [0.5, 0.6) is 17.2 Å². The molecule has 5 N–H and O–H groups in total. The van der Waals surface area contributed by atoms with Crippen molar-refractivity contribution in [3.63, 3.8) is 0 Å². The molecule has 0 saturated carbocycles. The first-order valence-electron chi connectivity index (χ1n) is 6.70. The molecule has 23 heavy (non-hydrogen) atoms. The topological polar surface area (TPSA) is 118 Å². The Morgan fingerprint density at radius 2 is 1.87 bits per heavy atom. The predicted octanol–water partition coefficient (Wildman–Crippen LogP) is 2.05. The average Bonchev–Trinajstić information content (AvgIpc) is 3.01. The van der Waals surface area contributed by atoms with Crippen LogP contribution in [0.15, 0.2) is 47.7 Å². The second-order valence-electron chi connectivity index (χ2n) is 4.85.